The summed E-state index contributed by atoms with van der Waals surface area (Å²) >= 11 is 0. The Hall–Kier alpha value is 2.84. The first-order valence-electron chi connectivity index (χ1n) is 28.4. The second kappa shape index (κ2) is 26.8. The van der Waals surface area contributed by atoms with Crippen LogP contribution in [-0.4, -0.2) is 110 Å². The minimum Gasteiger partial charge on any atom is -0.726 e. The second-order valence-corrected chi connectivity index (χ2v) is 31.6. The van der Waals surface area contributed by atoms with Crippen molar-refractivity contribution in [2.24, 2.45) is 104 Å². The summed E-state index contributed by atoms with van der Waals surface area (Å²) in [7, 11) is -20.6. The molecule has 0 amide bonds. The van der Waals surface area contributed by atoms with Crippen molar-refractivity contribution in [2.75, 3.05) is 0 Å². The number of aliphatic hydroxyl groups is 3. The molecule has 9 rings (SSSR count). The number of fused-ring (bicyclic) bond motifs is 10. The number of hydrogen-bond acceptors (Lipinski definition) is 19. The molecule has 0 saturated heterocycles. The topological polar surface area (TPSA) is 326 Å². The standard InChI is InChI=1S/C54H88O19S4.4Na/c1-29(35-11-13-37-32-23-46(70-74(58,59)60)41-25-44(56)48(72-76(64,65)66)27-53(41,7)39(32)16-21-51(35,37)5)9-10-34-30(2)15-19-50(34,4)20-18-43(55)31(3)36-12-14-38-33-24-47(71-75(61,62)63)42-26-45(57)49(73-77(67,68)69)28-54(42,8)40(33)17-22-52(36,38)6;;;;/h18,20,29,31-49,55-57H,2,9-17,19,21-28H2,1,3-8H3,(H,58,59,60)(H,61,62,63)(H,64,65,66)(H,67,68,69);;;;/q;4*+1/p-4/b20-18+;;;;/t29-,31+,32+,33+,34?,35-,36-,37+,38+,39+,40+,41-,42-,43?,44+,45-,46+,47+,48+,49+,50?,51-,52-,53-,54-;;;;/m1..../s1. The van der Waals surface area contributed by atoms with Crippen LogP contribution in [0.1, 0.15) is 164 Å². The van der Waals surface area contributed by atoms with Crippen molar-refractivity contribution in [3.8, 4) is 0 Å². The SMILES string of the molecule is C=C1CCC(C)(/C=C/C(O)[C@@H](C)[C@H]2CC[C@H]3[C@@H]4C[C@H](OS(=O)(=O)[O-])[C@H]5C[C@@H](O)[C@@H](OS(=O)(=O)[O-])C[C@]5(C)[C@H]4CC[C@]23C)C1CC[C@@H](C)[C@H]1CC[C@H]2[C@@H]3C[C@H](OS(=O)(=O)[O-])[C@H]4C[C@H](O)[C@@H](OS(=O)(=O)[O-])C[C@]4(C)[C@H]3CC[C@]12C.[Na+].[Na+].[Na+].[Na+]. The molecule has 3 N–H and O–H groups in total. The van der Waals surface area contributed by atoms with Gasteiger partial charge in [0.05, 0.1) is 30.5 Å². The van der Waals surface area contributed by atoms with Gasteiger partial charge < -0.3 is 33.5 Å². The maximum absolute atomic E-state index is 12.2. The van der Waals surface area contributed by atoms with E-state index in [1.54, 1.807) is 0 Å². The molecule has 0 heterocycles. The molecular formula is C54H84Na4O19S4. The molecule has 9 aliphatic rings. The molecule has 3 unspecified atom stereocenters. The molecule has 0 aromatic heterocycles. The quantitative estimate of drug-likeness (QED) is 0.0563. The Morgan fingerprint density at radius 1 is 0.556 bits per heavy atom. The van der Waals surface area contributed by atoms with Gasteiger partial charge in [0, 0.05) is 0 Å². The Bertz CT molecular complexity index is 2740. The molecular weight excluding hydrogens is 1170 g/mol. The van der Waals surface area contributed by atoms with Gasteiger partial charge in [-0.15, -0.1) is 0 Å². The van der Waals surface area contributed by atoms with Gasteiger partial charge >= 0.3 is 118 Å². The number of allylic oxidation sites excluding steroid dienone is 2. The molecule has 0 aromatic carbocycles. The van der Waals surface area contributed by atoms with Crippen LogP contribution in [0.25, 0.3) is 0 Å². The molecule has 442 valence electrons. The Morgan fingerprint density at radius 3 is 1.36 bits per heavy atom. The van der Waals surface area contributed by atoms with E-state index in [-0.39, 0.29) is 220 Å². The van der Waals surface area contributed by atoms with E-state index in [9.17, 15) is 67.2 Å². The van der Waals surface area contributed by atoms with Gasteiger partial charge in [0.25, 0.3) is 0 Å². The molecule has 9 saturated carbocycles. The van der Waals surface area contributed by atoms with Crippen LogP contribution < -0.4 is 118 Å². The van der Waals surface area contributed by atoms with Gasteiger partial charge in [0.15, 0.2) is 0 Å². The van der Waals surface area contributed by atoms with Crippen LogP contribution in [-0.2, 0) is 58.3 Å². The van der Waals surface area contributed by atoms with E-state index >= 15 is 0 Å². The van der Waals surface area contributed by atoms with Crippen molar-refractivity contribution in [1.29, 1.82) is 0 Å². The summed E-state index contributed by atoms with van der Waals surface area (Å²) in [4.78, 5) is 0. The molecule has 81 heavy (non-hydrogen) atoms. The first kappa shape index (κ1) is 74.6. The van der Waals surface area contributed by atoms with Gasteiger partial charge in [-0.05, 0) is 220 Å². The van der Waals surface area contributed by atoms with Gasteiger partial charge in [0.2, 0.25) is 41.6 Å². The van der Waals surface area contributed by atoms with E-state index in [0.717, 1.165) is 70.6 Å². The fourth-order valence-electron chi connectivity index (χ4n) is 20.8. The fraction of sp³-hybridized carbons (Fsp3) is 0.926. The maximum Gasteiger partial charge on any atom is 1.00 e. The molecule has 0 bridgehead atoms. The fourth-order valence-corrected chi connectivity index (χ4v) is 22.8. The van der Waals surface area contributed by atoms with Crippen LogP contribution in [0.3, 0.4) is 0 Å². The maximum atomic E-state index is 12.2. The summed E-state index contributed by atoms with van der Waals surface area (Å²) in [5.74, 6) is -0.310. The molecule has 9 fully saturated rings. The van der Waals surface area contributed by atoms with E-state index in [1.807, 2.05) is 19.9 Å². The van der Waals surface area contributed by atoms with Crippen molar-refractivity contribution < 1.29 is 202 Å². The van der Waals surface area contributed by atoms with Crippen molar-refractivity contribution in [3.63, 3.8) is 0 Å². The third-order valence-electron chi connectivity index (χ3n) is 24.1. The van der Waals surface area contributed by atoms with E-state index in [0.29, 0.717) is 24.7 Å². The van der Waals surface area contributed by atoms with Crippen LogP contribution in [0.15, 0.2) is 24.3 Å². The first-order valence-corrected chi connectivity index (χ1v) is 33.7. The third-order valence-corrected chi connectivity index (χ3v) is 26.1. The summed E-state index contributed by atoms with van der Waals surface area (Å²) in [5.41, 5.74) is -1.01. The van der Waals surface area contributed by atoms with Gasteiger partial charge in [0.1, 0.15) is 12.2 Å². The molecule has 0 aliphatic heterocycles. The monoisotopic (exact) mass is 1260 g/mol. The molecule has 25 atom stereocenters. The zero-order chi connectivity index (χ0) is 56.6. The van der Waals surface area contributed by atoms with E-state index in [1.165, 1.54) is 5.57 Å². The molecule has 9 aliphatic carbocycles. The molecule has 19 nitrogen and oxygen atoms in total. The number of rotatable bonds is 16. The molecule has 0 spiro atoms. The van der Waals surface area contributed by atoms with Gasteiger partial charge in [-0.3, -0.25) is 16.7 Å². The average Bonchev–Trinajstić information content (AvgIpc) is 3.93. The van der Waals surface area contributed by atoms with Crippen LogP contribution in [0.5, 0.6) is 0 Å². The van der Waals surface area contributed by atoms with Crippen LogP contribution >= 0.6 is 0 Å². The van der Waals surface area contributed by atoms with E-state index in [2.05, 4.69) is 47.3 Å². The van der Waals surface area contributed by atoms with Crippen molar-refractivity contribution in [2.45, 2.75) is 207 Å². The van der Waals surface area contributed by atoms with Crippen LogP contribution in [0.4, 0.5) is 0 Å². The Balaban J connectivity index is 0.00000301. The number of aliphatic hydroxyl groups excluding tert-OH is 3. The minimum atomic E-state index is -5.16. The van der Waals surface area contributed by atoms with Crippen molar-refractivity contribution in [3.05, 3.63) is 24.3 Å². The summed E-state index contributed by atoms with van der Waals surface area (Å²) in [6, 6.07) is 0. The van der Waals surface area contributed by atoms with Crippen LogP contribution in [0.2, 0.25) is 0 Å². The smallest absolute Gasteiger partial charge is 0.726 e. The summed E-state index contributed by atoms with van der Waals surface area (Å²) in [6.45, 7) is 19.7. The van der Waals surface area contributed by atoms with Crippen LogP contribution in [0, 0.1) is 104 Å². The predicted molar refractivity (Wildman–Crippen MR) is 275 cm³/mol. The Morgan fingerprint density at radius 2 is 0.938 bits per heavy atom. The molecule has 0 radical (unpaired) electrons. The normalized spacial score (nSPS) is 46.1. The zero-order valence-electron chi connectivity index (χ0n) is 49.6. The first-order chi connectivity index (χ1) is 35.4. The Labute approximate surface area is 571 Å². The largest absolute Gasteiger partial charge is 1.00 e. The number of hydrogen-bond donors (Lipinski definition) is 3. The van der Waals surface area contributed by atoms with Gasteiger partial charge in [-0.2, -0.15) is 0 Å². The van der Waals surface area contributed by atoms with E-state index < -0.39 is 107 Å². The summed E-state index contributed by atoms with van der Waals surface area (Å²) in [6.07, 6.45) is 6.69. The van der Waals surface area contributed by atoms with Crippen molar-refractivity contribution in [1.82, 2.24) is 0 Å². The second-order valence-electron chi connectivity index (χ2n) is 27.6. The average molecular weight is 1260 g/mol. The molecule has 0 aromatic rings. The molecule has 27 heteroatoms. The van der Waals surface area contributed by atoms with E-state index in [4.69, 9.17) is 16.7 Å². The Kier molecular flexibility index (Phi) is 24.7. The summed E-state index contributed by atoms with van der Waals surface area (Å²) < 4.78 is 164. The minimum absolute atomic E-state index is 0. The van der Waals surface area contributed by atoms with Gasteiger partial charge in [-0.25, -0.2) is 33.7 Å². The predicted octanol–water partition coefficient (Wildman–Crippen LogP) is -5.19. The van der Waals surface area contributed by atoms with Crippen molar-refractivity contribution >= 4 is 41.6 Å². The zero-order valence-corrected chi connectivity index (χ0v) is 60.9. The summed E-state index contributed by atoms with van der Waals surface area (Å²) in [5, 5.41) is 34.0. The third kappa shape index (κ3) is 15.0. The van der Waals surface area contributed by atoms with Gasteiger partial charge in [-0.1, -0.05) is 72.8 Å².